The number of hydrogen-bond acceptors (Lipinski definition) is 5. The number of aromatic nitrogens is 2. The molecule has 0 saturated carbocycles. The van der Waals surface area contributed by atoms with E-state index in [1.807, 2.05) is 42.3 Å². The van der Waals surface area contributed by atoms with Crippen molar-refractivity contribution in [1.82, 2.24) is 15.1 Å². The van der Waals surface area contributed by atoms with Crippen molar-refractivity contribution in [3.8, 4) is 22.8 Å². The maximum absolute atomic E-state index is 13.6. The van der Waals surface area contributed by atoms with Crippen molar-refractivity contribution in [2.24, 2.45) is 0 Å². The molecule has 1 aliphatic rings. The first-order valence-corrected chi connectivity index (χ1v) is 13.2. The highest BCUT2D eigenvalue weighted by atomic mass is 35.5. The van der Waals surface area contributed by atoms with Gasteiger partial charge in [-0.15, -0.1) is 11.8 Å². The summed E-state index contributed by atoms with van der Waals surface area (Å²) >= 11 is 8.07. The Hall–Kier alpha value is -3.42. The number of carbonyl (C=O) groups excluding carboxylic acids is 1. The molecule has 1 aromatic heterocycles. The topological polar surface area (TPSA) is 78.5 Å². The van der Waals surface area contributed by atoms with Gasteiger partial charge < -0.3 is 14.7 Å². The third-order valence-electron chi connectivity index (χ3n) is 6.63. The standard InChI is InChI=1S/C28H26ClN3O3S/c1-16-14-23(33)21(15-22(16)29)25-24-26(31-30-25)28(34)32(13-12-17-4-8-19(35-2)9-5-17)27(24)18-6-10-20(36-3)11-7-18/h4-11,14-15,27,33H,12-13H2,1-3H3,(H,30,31). The summed E-state index contributed by atoms with van der Waals surface area (Å²) in [5, 5.41) is 18.7. The Morgan fingerprint density at radius 3 is 2.53 bits per heavy atom. The summed E-state index contributed by atoms with van der Waals surface area (Å²) in [5.74, 6) is 0.755. The van der Waals surface area contributed by atoms with E-state index in [0.29, 0.717) is 34.9 Å². The van der Waals surface area contributed by atoms with Crippen molar-refractivity contribution in [2.45, 2.75) is 24.3 Å². The molecule has 2 heterocycles. The molecule has 3 aromatic carbocycles. The van der Waals surface area contributed by atoms with Crippen LogP contribution in [0.2, 0.25) is 5.02 Å². The highest BCUT2D eigenvalue weighted by molar-refractivity contribution is 7.98. The number of phenols is 1. The Kier molecular flexibility index (Phi) is 6.69. The molecule has 0 radical (unpaired) electrons. The third-order valence-corrected chi connectivity index (χ3v) is 7.78. The molecular formula is C28H26ClN3O3S. The summed E-state index contributed by atoms with van der Waals surface area (Å²) < 4.78 is 5.26. The Morgan fingerprint density at radius 1 is 1.14 bits per heavy atom. The van der Waals surface area contributed by atoms with Gasteiger partial charge in [0.15, 0.2) is 0 Å². The predicted molar refractivity (Wildman–Crippen MR) is 143 cm³/mol. The molecule has 0 bridgehead atoms. The molecule has 0 aliphatic carbocycles. The van der Waals surface area contributed by atoms with E-state index in [1.54, 1.807) is 31.0 Å². The highest BCUT2D eigenvalue weighted by Gasteiger charge is 2.42. The van der Waals surface area contributed by atoms with Gasteiger partial charge in [-0.1, -0.05) is 35.9 Å². The molecule has 36 heavy (non-hydrogen) atoms. The van der Waals surface area contributed by atoms with E-state index >= 15 is 0 Å². The predicted octanol–water partition coefficient (Wildman–Crippen LogP) is 6.26. The van der Waals surface area contributed by atoms with Crippen LogP contribution in [0.25, 0.3) is 11.3 Å². The number of thioether (sulfide) groups is 1. The minimum absolute atomic E-state index is 0.0758. The molecule has 1 unspecified atom stereocenters. The fourth-order valence-electron chi connectivity index (χ4n) is 4.66. The largest absolute Gasteiger partial charge is 0.507 e. The number of nitrogens with zero attached hydrogens (tertiary/aromatic N) is 2. The average molecular weight is 520 g/mol. The lowest BCUT2D eigenvalue weighted by Crippen LogP contribution is -2.31. The molecule has 0 fully saturated rings. The number of H-pyrrole nitrogens is 1. The fraction of sp³-hybridized carbons (Fsp3) is 0.214. The van der Waals surface area contributed by atoms with E-state index in [0.717, 1.165) is 32.9 Å². The van der Waals surface area contributed by atoms with E-state index in [2.05, 4.69) is 34.5 Å². The summed E-state index contributed by atoms with van der Waals surface area (Å²) in [7, 11) is 1.64. The molecule has 2 N–H and O–H groups in total. The van der Waals surface area contributed by atoms with Crippen LogP contribution in [0.1, 0.15) is 38.8 Å². The SMILES string of the molecule is COc1ccc(CCN2C(=O)c3[nH]nc(-c4cc(Cl)c(C)cc4O)c3C2c2ccc(SC)cc2)cc1. The lowest BCUT2D eigenvalue weighted by molar-refractivity contribution is 0.0746. The van der Waals surface area contributed by atoms with Gasteiger partial charge >= 0.3 is 0 Å². The van der Waals surface area contributed by atoms with Crippen LogP contribution in [0.4, 0.5) is 0 Å². The summed E-state index contributed by atoms with van der Waals surface area (Å²) in [5.41, 5.74) is 5.08. The van der Waals surface area contributed by atoms with Crippen LogP contribution in [0.3, 0.4) is 0 Å². The van der Waals surface area contributed by atoms with Crippen LogP contribution in [0, 0.1) is 6.92 Å². The van der Waals surface area contributed by atoms with Crippen molar-refractivity contribution < 1.29 is 14.6 Å². The molecule has 1 aliphatic heterocycles. The maximum atomic E-state index is 13.6. The minimum Gasteiger partial charge on any atom is -0.507 e. The second-order valence-electron chi connectivity index (χ2n) is 8.75. The quantitative estimate of drug-likeness (QED) is 0.282. The average Bonchev–Trinajstić information content (AvgIpc) is 3.44. The van der Waals surface area contributed by atoms with E-state index < -0.39 is 0 Å². The van der Waals surface area contributed by atoms with Gasteiger partial charge in [-0.3, -0.25) is 9.89 Å². The number of aromatic amines is 1. The number of aryl methyl sites for hydroxylation is 1. The second-order valence-corrected chi connectivity index (χ2v) is 10.0. The normalized spacial score (nSPS) is 14.8. The minimum atomic E-state index is -0.352. The number of halogens is 1. The number of hydrogen-bond donors (Lipinski definition) is 2. The number of benzene rings is 3. The van der Waals surface area contributed by atoms with Crippen molar-refractivity contribution in [3.63, 3.8) is 0 Å². The molecule has 184 valence electrons. The van der Waals surface area contributed by atoms with Gasteiger partial charge in [0.25, 0.3) is 5.91 Å². The van der Waals surface area contributed by atoms with Gasteiger partial charge in [-0.05, 0) is 72.7 Å². The number of phenolic OH excluding ortho intramolecular Hbond substituents is 1. The number of fused-ring (bicyclic) bond motifs is 1. The van der Waals surface area contributed by atoms with E-state index in [9.17, 15) is 9.90 Å². The van der Waals surface area contributed by atoms with E-state index in [-0.39, 0.29) is 17.7 Å². The number of methoxy groups -OCH3 is 1. The van der Waals surface area contributed by atoms with Gasteiger partial charge in [0.1, 0.15) is 22.9 Å². The molecule has 4 aromatic rings. The lowest BCUT2D eigenvalue weighted by atomic mass is 9.95. The number of amides is 1. The molecular weight excluding hydrogens is 494 g/mol. The lowest BCUT2D eigenvalue weighted by Gasteiger charge is -2.27. The van der Waals surface area contributed by atoms with Crippen molar-refractivity contribution in [1.29, 1.82) is 0 Å². The Morgan fingerprint density at radius 2 is 1.86 bits per heavy atom. The zero-order valence-corrected chi connectivity index (χ0v) is 21.8. The van der Waals surface area contributed by atoms with Crippen LogP contribution in [-0.2, 0) is 6.42 Å². The van der Waals surface area contributed by atoms with Gasteiger partial charge in [0, 0.05) is 27.6 Å². The Labute approximate surface area is 219 Å². The molecule has 1 atom stereocenters. The monoisotopic (exact) mass is 519 g/mol. The number of rotatable bonds is 7. The van der Waals surface area contributed by atoms with Crippen molar-refractivity contribution in [2.75, 3.05) is 19.9 Å². The van der Waals surface area contributed by atoms with Gasteiger partial charge in [0.05, 0.1) is 13.2 Å². The van der Waals surface area contributed by atoms with Gasteiger partial charge in [0.2, 0.25) is 0 Å². The first kappa shape index (κ1) is 24.3. The first-order chi connectivity index (χ1) is 17.4. The van der Waals surface area contributed by atoms with Crippen molar-refractivity contribution >= 4 is 29.3 Å². The summed E-state index contributed by atoms with van der Waals surface area (Å²) in [4.78, 5) is 16.6. The Bertz CT molecular complexity index is 1420. The maximum Gasteiger partial charge on any atom is 0.273 e. The smallest absolute Gasteiger partial charge is 0.273 e. The Balaban J connectivity index is 1.57. The highest BCUT2D eigenvalue weighted by Crippen LogP contribution is 2.45. The third kappa shape index (κ3) is 4.33. The van der Waals surface area contributed by atoms with Gasteiger partial charge in [-0.2, -0.15) is 5.10 Å². The van der Waals surface area contributed by atoms with Crippen LogP contribution in [0.5, 0.6) is 11.5 Å². The van der Waals surface area contributed by atoms with Crippen LogP contribution < -0.4 is 4.74 Å². The van der Waals surface area contributed by atoms with Crippen molar-refractivity contribution in [3.05, 3.63) is 93.6 Å². The summed E-state index contributed by atoms with van der Waals surface area (Å²) in [6, 6.07) is 19.1. The van der Waals surface area contributed by atoms with E-state index in [1.165, 1.54) is 0 Å². The zero-order chi connectivity index (χ0) is 25.4. The zero-order valence-electron chi connectivity index (χ0n) is 20.2. The number of nitrogens with one attached hydrogen (secondary N) is 1. The molecule has 0 spiro atoms. The first-order valence-electron chi connectivity index (χ1n) is 11.6. The molecule has 5 rings (SSSR count). The molecule has 6 nitrogen and oxygen atoms in total. The molecule has 0 saturated heterocycles. The van der Waals surface area contributed by atoms with Crippen LogP contribution >= 0.6 is 23.4 Å². The molecule has 8 heteroatoms. The molecule has 1 amide bonds. The number of ether oxygens (including phenoxy) is 1. The second kappa shape index (κ2) is 9.91. The van der Waals surface area contributed by atoms with Crippen LogP contribution in [-0.4, -0.2) is 46.0 Å². The van der Waals surface area contributed by atoms with Crippen LogP contribution in [0.15, 0.2) is 65.6 Å². The van der Waals surface area contributed by atoms with Gasteiger partial charge in [-0.25, -0.2) is 0 Å². The number of carbonyl (C=O) groups is 1. The van der Waals surface area contributed by atoms with E-state index in [4.69, 9.17) is 16.3 Å². The number of aromatic hydroxyl groups is 1. The summed E-state index contributed by atoms with van der Waals surface area (Å²) in [6.07, 6.45) is 2.72. The fourth-order valence-corrected chi connectivity index (χ4v) is 5.23. The summed E-state index contributed by atoms with van der Waals surface area (Å²) in [6.45, 7) is 2.35.